The summed E-state index contributed by atoms with van der Waals surface area (Å²) >= 11 is 0. The Hall–Kier alpha value is -2.14. The van der Waals surface area contributed by atoms with Crippen molar-refractivity contribution in [1.82, 2.24) is 19.5 Å². The number of benzene rings is 1. The van der Waals surface area contributed by atoms with Gasteiger partial charge in [-0.25, -0.2) is 9.97 Å². The van der Waals surface area contributed by atoms with Gasteiger partial charge in [-0.15, -0.1) is 0 Å². The lowest BCUT2D eigenvalue weighted by atomic mass is 10.1. The summed E-state index contributed by atoms with van der Waals surface area (Å²) in [5.41, 5.74) is 4.09. The molecule has 5 heteroatoms. The lowest BCUT2D eigenvalue weighted by Gasteiger charge is -2.05. The quantitative estimate of drug-likeness (QED) is 0.731. The van der Waals surface area contributed by atoms with Crippen LogP contribution in [0, 0.1) is 0 Å². The topological polar surface area (TPSA) is 66.7 Å². The van der Waals surface area contributed by atoms with E-state index in [2.05, 4.69) is 21.0 Å². The van der Waals surface area contributed by atoms with E-state index in [0.717, 1.165) is 28.1 Å². The van der Waals surface area contributed by atoms with Crippen LogP contribution >= 0.6 is 0 Å². The van der Waals surface area contributed by atoms with Crippen molar-refractivity contribution >= 4 is 11.0 Å². The minimum Gasteiger partial charge on any atom is -0.396 e. The lowest BCUT2D eigenvalue weighted by Crippen LogP contribution is -2.02. The molecule has 2 aromatic heterocycles. The highest BCUT2D eigenvalue weighted by atomic mass is 16.3. The maximum absolute atomic E-state index is 8.97. The molecule has 1 aromatic carbocycles. The number of aromatic nitrogens is 4. The molecule has 0 saturated carbocycles. The monoisotopic (exact) mass is 242 g/mol. The Bertz CT molecular complexity index is 683. The van der Waals surface area contributed by atoms with Gasteiger partial charge in [-0.3, -0.25) is 0 Å². The van der Waals surface area contributed by atoms with E-state index >= 15 is 0 Å². The van der Waals surface area contributed by atoms with Gasteiger partial charge in [-0.1, -0.05) is 6.07 Å². The number of imidazole rings is 2. The molecule has 0 amide bonds. The molecular formula is C13H14N4O. The van der Waals surface area contributed by atoms with Crippen molar-refractivity contribution in [2.45, 2.75) is 6.42 Å². The van der Waals surface area contributed by atoms with E-state index in [4.69, 9.17) is 5.11 Å². The highest BCUT2D eigenvalue weighted by Gasteiger charge is 2.09. The number of nitrogens with one attached hydrogen (secondary N) is 1. The number of H-pyrrole nitrogens is 1. The average Bonchev–Trinajstić information content (AvgIpc) is 2.97. The third kappa shape index (κ3) is 1.69. The van der Waals surface area contributed by atoms with Gasteiger partial charge in [0.15, 0.2) is 0 Å². The third-order valence-electron chi connectivity index (χ3n) is 3.14. The summed E-state index contributed by atoms with van der Waals surface area (Å²) in [6.07, 6.45) is 4.10. The number of aromatic amines is 1. The van der Waals surface area contributed by atoms with Crippen molar-refractivity contribution in [3.63, 3.8) is 0 Å². The standard InChI is InChI=1S/C13H14N4O/c1-17-12(7-14-13(17)4-5-18)9-2-3-10-11(6-9)16-8-15-10/h2-3,6-8,18H,4-5H2,1H3,(H,15,16). The van der Waals surface area contributed by atoms with Crippen LogP contribution in [0.4, 0.5) is 0 Å². The fourth-order valence-corrected chi connectivity index (χ4v) is 2.14. The van der Waals surface area contributed by atoms with Gasteiger partial charge in [0, 0.05) is 19.0 Å². The van der Waals surface area contributed by atoms with Crippen molar-refractivity contribution in [2.75, 3.05) is 6.61 Å². The molecule has 3 rings (SSSR count). The summed E-state index contributed by atoms with van der Waals surface area (Å²) in [4.78, 5) is 11.6. The average molecular weight is 242 g/mol. The molecule has 2 heterocycles. The van der Waals surface area contributed by atoms with Gasteiger partial charge < -0.3 is 14.7 Å². The Morgan fingerprint density at radius 3 is 3.06 bits per heavy atom. The summed E-state index contributed by atoms with van der Waals surface area (Å²) < 4.78 is 2.01. The third-order valence-corrected chi connectivity index (χ3v) is 3.14. The number of aliphatic hydroxyl groups excluding tert-OH is 1. The number of hydrogen-bond donors (Lipinski definition) is 2. The number of aliphatic hydroxyl groups is 1. The van der Waals surface area contributed by atoms with Crippen LogP contribution in [0.3, 0.4) is 0 Å². The summed E-state index contributed by atoms with van der Waals surface area (Å²) in [7, 11) is 1.96. The first-order chi connectivity index (χ1) is 8.79. The van der Waals surface area contributed by atoms with Crippen LogP contribution < -0.4 is 0 Å². The molecule has 2 N–H and O–H groups in total. The molecule has 5 nitrogen and oxygen atoms in total. The first-order valence-electron chi connectivity index (χ1n) is 5.84. The van der Waals surface area contributed by atoms with Crippen LogP contribution in [0.15, 0.2) is 30.7 Å². The lowest BCUT2D eigenvalue weighted by molar-refractivity contribution is 0.295. The van der Waals surface area contributed by atoms with E-state index in [1.807, 2.05) is 29.9 Å². The van der Waals surface area contributed by atoms with Gasteiger partial charge in [-0.2, -0.15) is 0 Å². The van der Waals surface area contributed by atoms with Gasteiger partial charge in [0.25, 0.3) is 0 Å². The van der Waals surface area contributed by atoms with Gasteiger partial charge in [0.05, 0.1) is 35.9 Å². The molecule has 0 unspecified atom stereocenters. The number of nitrogens with zero attached hydrogens (tertiary/aromatic N) is 3. The molecule has 0 aliphatic rings. The van der Waals surface area contributed by atoms with Crippen LogP contribution in [0.1, 0.15) is 5.82 Å². The Morgan fingerprint density at radius 1 is 1.33 bits per heavy atom. The smallest absolute Gasteiger partial charge is 0.111 e. The van der Waals surface area contributed by atoms with E-state index in [-0.39, 0.29) is 6.61 Å². The van der Waals surface area contributed by atoms with Crippen molar-refractivity contribution in [2.24, 2.45) is 7.05 Å². The second kappa shape index (κ2) is 4.27. The minimum atomic E-state index is 0.115. The van der Waals surface area contributed by atoms with E-state index in [0.29, 0.717) is 6.42 Å². The van der Waals surface area contributed by atoms with Crippen molar-refractivity contribution in [3.05, 3.63) is 36.5 Å². The van der Waals surface area contributed by atoms with Crippen LogP contribution in [-0.4, -0.2) is 31.2 Å². The second-order valence-electron chi connectivity index (χ2n) is 4.23. The first kappa shape index (κ1) is 11.0. The summed E-state index contributed by atoms with van der Waals surface area (Å²) in [5.74, 6) is 0.886. The van der Waals surface area contributed by atoms with Crippen molar-refractivity contribution in [3.8, 4) is 11.3 Å². The fraction of sp³-hybridized carbons (Fsp3) is 0.231. The predicted octanol–water partition coefficient (Wildman–Crippen LogP) is 1.50. The molecule has 0 saturated heterocycles. The van der Waals surface area contributed by atoms with Crippen LogP contribution in [0.2, 0.25) is 0 Å². The molecule has 0 radical (unpaired) electrons. The molecule has 0 atom stereocenters. The van der Waals surface area contributed by atoms with Crippen LogP contribution in [0.25, 0.3) is 22.3 Å². The molecule has 92 valence electrons. The molecule has 0 bridgehead atoms. The molecule has 3 aromatic rings. The predicted molar refractivity (Wildman–Crippen MR) is 69.1 cm³/mol. The zero-order chi connectivity index (χ0) is 12.5. The first-order valence-corrected chi connectivity index (χ1v) is 5.84. The molecule has 0 spiro atoms. The molecule has 0 aliphatic carbocycles. The second-order valence-corrected chi connectivity index (χ2v) is 4.23. The van der Waals surface area contributed by atoms with Crippen LogP contribution in [0.5, 0.6) is 0 Å². The van der Waals surface area contributed by atoms with Gasteiger partial charge in [0.1, 0.15) is 5.82 Å². The normalized spacial score (nSPS) is 11.2. The fourth-order valence-electron chi connectivity index (χ4n) is 2.14. The van der Waals surface area contributed by atoms with E-state index in [1.165, 1.54) is 0 Å². The maximum Gasteiger partial charge on any atom is 0.111 e. The van der Waals surface area contributed by atoms with Crippen molar-refractivity contribution < 1.29 is 5.11 Å². The SMILES string of the molecule is Cn1c(-c2ccc3nc[nH]c3c2)cnc1CCO. The number of fused-ring (bicyclic) bond motifs is 1. The van der Waals surface area contributed by atoms with Gasteiger partial charge >= 0.3 is 0 Å². The maximum atomic E-state index is 8.97. The summed E-state index contributed by atoms with van der Waals surface area (Å²) in [5, 5.41) is 8.97. The molecular weight excluding hydrogens is 228 g/mol. The largest absolute Gasteiger partial charge is 0.396 e. The minimum absolute atomic E-state index is 0.115. The Morgan fingerprint density at radius 2 is 2.22 bits per heavy atom. The highest BCUT2D eigenvalue weighted by Crippen LogP contribution is 2.23. The van der Waals surface area contributed by atoms with Gasteiger partial charge in [0.2, 0.25) is 0 Å². The zero-order valence-electron chi connectivity index (χ0n) is 10.1. The summed E-state index contributed by atoms with van der Waals surface area (Å²) in [6, 6.07) is 6.07. The van der Waals surface area contributed by atoms with E-state index < -0.39 is 0 Å². The molecule has 18 heavy (non-hydrogen) atoms. The highest BCUT2D eigenvalue weighted by molar-refractivity contribution is 5.80. The summed E-state index contributed by atoms with van der Waals surface area (Å²) in [6.45, 7) is 0.115. The molecule has 0 fully saturated rings. The van der Waals surface area contributed by atoms with E-state index in [1.54, 1.807) is 6.33 Å². The Labute approximate surface area is 104 Å². The van der Waals surface area contributed by atoms with Crippen LogP contribution in [-0.2, 0) is 13.5 Å². The van der Waals surface area contributed by atoms with Crippen molar-refractivity contribution in [1.29, 1.82) is 0 Å². The zero-order valence-corrected chi connectivity index (χ0v) is 10.1. The van der Waals surface area contributed by atoms with E-state index in [9.17, 15) is 0 Å². The Kier molecular flexibility index (Phi) is 2.60. The number of rotatable bonds is 3. The van der Waals surface area contributed by atoms with Gasteiger partial charge in [-0.05, 0) is 12.1 Å². The Balaban J connectivity index is 2.07. The molecule has 0 aliphatic heterocycles. The number of hydrogen-bond acceptors (Lipinski definition) is 3.